The second-order valence-electron chi connectivity index (χ2n) is 3.61. The highest BCUT2D eigenvalue weighted by Gasteiger charge is 2.31. The molecule has 0 spiro atoms. The molecular weight excluding hydrogens is 246 g/mol. The Morgan fingerprint density at radius 2 is 2.19 bits per heavy atom. The molecule has 1 unspecified atom stereocenters. The molecule has 2 N–H and O–H groups in total. The normalized spacial score (nSPS) is 14.4. The number of benzene rings is 1. The summed E-state index contributed by atoms with van der Waals surface area (Å²) in [5.74, 6) is -0.447. The van der Waals surface area contributed by atoms with E-state index in [0.29, 0.717) is 10.8 Å². The van der Waals surface area contributed by atoms with Crippen LogP contribution in [0.4, 0.5) is 0 Å². The lowest BCUT2D eigenvalue weighted by Crippen LogP contribution is -2.49. The molecule has 0 amide bonds. The number of carbonyl (C=O) groups is 1. The van der Waals surface area contributed by atoms with E-state index in [1.807, 2.05) is 18.2 Å². The fourth-order valence-electron chi connectivity index (χ4n) is 1.02. The van der Waals surface area contributed by atoms with Gasteiger partial charge in [0.05, 0.1) is 5.02 Å². The highest BCUT2D eigenvalue weighted by molar-refractivity contribution is 7.99. The molecule has 1 aromatic rings. The summed E-state index contributed by atoms with van der Waals surface area (Å²) in [6.07, 6.45) is 0. The van der Waals surface area contributed by atoms with Gasteiger partial charge in [0.1, 0.15) is 5.54 Å². The van der Waals surface area contributed by atoms with Gasteiger partial charge in [-0.25, -0.2) is 0 Å². The molecule has 0 aromatic heterocycles. The van der Waals surface area contributed by atoms with Gasteiger partial charge >= 0.3 is 5.97 Å². The summed E-state index contributed by atoms with van der Waals surface area (Å²) in [5, 5.41) is 12.5. The van der Waals surface area contributed by atoms with Gasteiger partial charge in [0.25, 0.3) is 0 Å². The predicted octanol–water partition coefficient (Wildman–Crippen LogP) is 2.49. The average Bonchev–Trinajstić information content (AvgIpc) is 2.27. The fourth-order valence-corrected chi connectivity index (χ4v) is 2.42. The van der Waals surface area contributed by atoms with Crippen molar-refractivity contribution in [3.8, 4) is 0 Å². The molecule has 0 radical (unpaired) electrons. The summed E-state index contributed by atoms with van der Waals surface area (Å²) >= 11 is 7.42. The summed E-state index contributed by atoms with van der Waals surface area (Å²) < 4.78 is 0. The van der Waals surface area contributed by atoms with Gasteiger partial charge in [-0.3, -0.25) is 4.79 Å². The first kappa shape index (κ1) is 13.4. The molecule has 16 heavy (non-hydrogen) atoms. The Morgan fingerprint density at radius 1 is 1.56 bits per heavy atom. The van der Waals surface area contributed by atoms with Gasteiger partial charge in [-0.2, -0.15) is 0 Å². The summed E-state index contributed by atoms with van der Waals surface area (Å²) in [4.78, 5) is 11.9. The van der Waals surface area contributed by atoms with Crippen LogP contribution >= 0.6 is 23.4 Å². The van der Waals surface area contributed by atoms with Crippen molar-refractivity contribution in [1.82, 2.24) is 5.32 Å². The van der Waals surface area contributed by atoms with E-state index in [1.165, 1.54) is 11.8 Å². The van der Waals surface area contributed by atoms with Crippen molar-refractivity contribution in [2.45, 2.75) is 17.4 Å². The lowest BCUT2D eigenvalue weighted by atomic mass is 10.1. The van der Waals surface area contributed by atoms with Crippen LogP contribution < -0.4 is 5.32 Å². The van der Waals surface area contributed by atoms with Crippen molar-refractivity contribution in [1.29, 1.82) is 0 Å². The van der Waals surface area contributed by atoms with Crippen LogP contribution in [0.3, 0.4) is 0 Å². The minimum atomic E-state index is -0.941. The zero-order chi connectivity index (χ0) is 12.2. The van der Waals surface area contributed by atoms with E-state index < -0.39 is 11.5 Å². The number of likely N-dealkylation sites (N-methyl/N-ethyl adjacent to an activating group) is 1. The van der Waals surface area contributed by atoms with Gasteiger partial charge in [0, 0.05) is 10.6 Å². The molecule has 0 aliphatic rings. The summed E-state index contributed by atoms with van der Waals surface area (Å²) in [6, 6.07) is 7.40. The van der Waals surface area contributed by atoms with E-state index in [-0.39, 0.29) is 0 Å². The zero-order valence-electron chi connectivity index (χ0n) is 9.16. The summed E-state index contributed by atoms with van der Waals surface area (Å²) in [6.45, 7) is 1.65. The SMILES string of the molecule is CNC(C)(CSc1ccccc1Cl)C(=O)O. The van der Waals surface area contributed by atoms with E-state index in [0.717, 1.165) is 4.90 Å². The number of rotatable bonds is 5. The van der Waals surface area contributed by atoms with Crippen LogP contribution in [-0.2, 0) is 4.79 Å². The topological polar surface area (TPSA) is 49.3 Å². The van der Waals surface area contributed by atoms with Crippen molar-refractivity contribution in [2.24, 2.45) is 0 Å². The maximum absolute atomic E-state index is 11.0. The van der Waals surface area contributed by atoms with Crippen LogP contribution in [0.25, 0.3) is 0 Å². The van der Waals surface area contributed by atoms with Crippen molar-refractivity contribution >= 4 is 29.3 Å². The summed E-state index contributed by atoms with van der Waals surface area (Å²) in [5.41, 5.74) is -0.941. The van der Waals surface area contributed by atoms with Crippen molar-refractivity contribution < 1.29 is 9.90 Å². The lowest BCUT2D eigenvalue weighted by Gasteiger charge is -2.23. The number of hydrogen-bond acceptors (Lipinski definition) is 3. The predicted molar refractivity (Wildman–Crippen MR) is 67.3 cm³/mol. The Kier molecular flexibility index (Phi) is 4.65. The van der Waals surface area contributed by atoms with Gasteiger partial charge in [-0.1, -0.05) is 23.7 Å². The zero-order valence-corrected chi connectivity index (χ0v) is 10.7. The van der Waals surface area contributed by atoms with Crippen LogP contribution in [-0.4, -0.2) is 29.4 Å². The van der Waals surface area contributed by atoms with E-state index in [1.54, 1.807) is 20.0 Å². The molecule has 1 aromatic carbocycles. The van der Waals surface area contributed by atoms with Crippen LogP contribution in [0.5, 0.6) is 0 Å². The second-order valence-corrected chi connectivity index (χ2v) is 5.03. The van der Waals surface area contributed by atoms with Gasteiger partial charge in [0.15, 0.2) is 0 Å². The molecule has 5 heteroatoms. The monoisotopic (exact) mass is 259 g/mol. The molecule has 1 atom stereocenters. The first-order valence-corrected chi connectivity index (χ1v) is 6.15. The van der Waals surface area contributed by atoms with E-state index in [9.17, 15) is 4.79 Å². The smallest absolute Gasteiger partial charge is 0.324 e. The Hall–Kier alpha value is -0.710. The number of thioether (sulfide) groups is 1. The molecule has 0 bridgehead atoms. The number of carboxylic acid groups (broad SMARTS) is 1. The summed E-state index contributed by atoms with van der Waals surface area (Å²) in [7, 11) is 1.64. The van der Waals surface area contributed by atoms with Crippen LogP contribution in [0, 0.1) is 0 Å². The number of carboxylic acids is 1. The van der Waals surface area contributed by atoms with E-state index >= 15 is 0 Å². The van der Waals surface area contributed by atoms with Gasteiger partial charge in [0.2, 0.25) is 0 Å². The third-order valence-corrected chi connectivity index (χ3v) is 4.21. The molecular formula is C11H14ClNO2S. The van der Waals surface area contributed by atoms with Gasteiger partial charge < -0.3 is 10.4 Å². The van der Waals surface area contributed by atoms with Crippen molar-refractivity contribution in [3.05, 3.63) is 29.3 Å². The highest BCUT2D eigenvalue weighted by atomic mass is 35.5. The van der Waals surface area contributed by atoms with Crippen molar-refractivity contribution in [3.63, 3.8) is 0 Å². The Labute approximate surface area is 104 Å². The molecule has 0 heterocycles. The Morgan fingerprint density at radius 3 is 2.69 bits per heavy atom. The highest BCUT2D eigenvalue weighted by Crippen LogP contribution is 2.29. The van der Waals surface area contributed by atoms with E-state index in [2.05, 4.69) is 5.32 Å². The van der Waals surface area contributed by atoms with Crippen LogP contribution in [0.15, 0.2) is 29.2 Å². The molecule has 0 aliphatic heterocycles. The quantitative estimate of drug-likeness (QED) is 0.798. The van der Waals surface area contributed by atoms with Crippen molar-refractivity contribution in [2.75, 3.05) is 12.8 Å². The molecule has 0 saturated carbocycles. The van der Waals surface area contributed by atoms with Gasteiger partial charge in [-0.05, 0) is 26.1 Å². The third-order valence-electron chi connectivity index (χ3n) is 2.38. The molecule has 88 valence electrons. The molecule has 3 nitrogen and oxygen atoms in total. The first-order valence-electron chi connectivity index (χ1n) is 4.79. The number of hydrogen-bond donors (Lipinski definition) is 2. The van der Waals surface area contributed by atoms with Crippen LogP contribution in [0.2, 0.25) is 5.02 Å². The minimum Gasteiger partial charge on any atom is -0.480 e. The fraction of sp³-hybridized carbons (Fsp3) is 0.364. The molecule has 0 fully saturated rings. The first-order chi connectivity index (χ1) is 7.49. The van der Waals surface area contributed by atoms with Crippen LogP contribution in [0.1, 0.15) is 6.92 Å². The Balaban J connectivity index is 2.71. The standard InChI is InChI=1S/C11H14ClNO2S/c1-11(13-2,10(14)15)7-16-9-6-4-3-5-8(9)12/h3-6,13H,7H2,1-2H3,(H,14,15). The number of aliphatic carboxylic acids is 1. The number of nitrogens with one attached hydrogen (secondary N) is 1. The Bertz CT molecular complexity index is 386. The molecule has 0 aliphatic carbocycles. The largest absolute Gasteiger partial charge is 0.480 e. The number of halogens is 1. The average molecular weight is 260 g/mol. The molecule has 0 saturated heterocycles. The second kappa shape index (κ2) is 5.57. The maximum Gasteiger partial charge on any atom is 0.324 e. The van der Waals surface area contributed by atoms with E-state index in [4.69, 9.17) is 16.7 Å². The minimum absolute atomic E-state index is 0.419. The van der Waals surface area contributed by atoms with Gasteiger partial charge in [-0.15, -0.1) is 11.8 Å². The molecule has 1 rings (SSSR count). The third kappa shape index (κ3) is 3.14. The maximum atomic E-state index is 11.0. The lowest BCUT2D eigenvalue weighted by molar-refractivity contribution is -0.142.